The number of benzene rings is 2. The van der Waals surface area contributed by atoms with E-state index in [9.17, 15) is 9.59 Å². The molecular formula is C21H18Cl2N4O2. The lowest BCUT2D eigenvalue weighted by molar-refractivity contribution is 0.0951. The van der Waals surface area contributed by atoms with Crippen LogP contribution in [0.2, 0.25) is 10.0 Å². The highest BCUT2D eigenvalue weighted by molar-refractivity contribution is 6.34. The number of pyridine rings is 1. The zero-order valence-corrected chi connectivity index (χ0v) is 16.8. The average Bonchev–Trinajstić information content (AvgIpc) is 2.71. The van der Waals surface area contributed by atoms with E-state index in [1.54, 1.807) is 54.9 Å². The second kappa shape index (κ2) is 9.91. The summed E-state index contributed by atoms with van der Waals surface area (Å²) in [5.41, 5.74) is 2.81. The molecule has 29 heavy (non-hydrogen) atoms. The van der Waals surface area contributed by atoms with Gasteiger partial charge in [0.25, 0.3) is 5.91 Å². The summed E-state index contributed by atoms with van der Waals surface area (Å²) in [7, 11) is 0. The number of carbonyl (C=O) groups is 2. The molecule has 0 saturated carbocycles. The molecule has 2 aromatic carbocycles. The van der Waals surface area contributed by atoms with E-state index in [2.05, 4.69) is 20.9 Å². The first-order valence-corrected chi connectivity index (χ1v) is 9.52. The standard InChI is InChI=1S/C21H18Cl2N4O2/c22-17-9-15(10-18(23)11-17)13-25-20(28)16-1-3-19(4-2-16)27-21(29)26-12-14-5-7-24-8-6-14/h1-11H,12-13H2,(H,25,28)(H2,26,27,29). The van der Waals surface area contributed by atoms with Gasteiger partial charge in [-0.2, -0.15) is 0 Å². The molecule has 0 aliphatic carbocycles. The maximum Gasteiger partial charge on any atom is 0.319 e. The lowest BCUT2D eigenvalue weighted by Crippen LogP contribution is -2.28. The largest absolute Gasteiger partial charge is 0.348 e. The molecule has 3 rings (SSSR count). The van der Waals surface area contributed by atoms with E-state index in [0.717, 1.165) is 11.1 Å². The molecule has 6 nitrogen and oxygen atoms in total. The topological polar surface area (TPSA) is 83.1 Å². The van der Waals surface area contributed by atoms with Crippen molar-refractivity contribution >= 4 is 40.8 Å². The quantitative estimate of drug-likeness (QED) is 0.534. The molecule has 0 atom stereocenters. The van der Waals surface area contributed by atoms with E-state index in [4.69, 9.17) is 23.2 Å². The van der Waals surface area contributed by atoms with Crippen molar-refractivity contribution in [3.05, 3.63) is 93.7 Å². The van der Waals surface area contributed by atoms with Gasteiger partial charge in [0.05, 0.1) is 0 Å². The minimum atomic E-state index is -0.336. The van der Waals surface area contributed by atoms with Crippen molar-refractivity contribution in [3.63, 3.8) is 0 Å². The Kier molecular flexibility index (Phi) is 7.05. The van der Waals surface area contributed by atoms with E-state index < -0.39 is 0 Å². The van der Waals surface area contributed by atoms with Gasteiger partial charge in [0, 0.05) is 46.8 Å². The summed E-state index contributed by atoms with van der Waals surface area (Å²) in [5.74, 6) is -0.241. The van der Waals surface area contributed by atoms with Gasteiger partial charge in [0.2, 0.25) is 0 Å². The monoisotopic (exact) mass is 428 g/mol. The van der Waals surface area contributed by atoms with Gasteiger partial charge < -0.3 is 16.0 Å². The molecule has 3 aromatic rings. The molecule has 1 aromatic heterocycles. The number of nitrogens with one attached hydrogen (secondary N) is 3. The third-order valence-corrected chi connectivity index (χ3v) is 4.42. The summed E-state index contributed by atoms with van der Waals surface area (Å²) in [6.07, 6.45) is 3.33. The Hall–Kier alpha value is -3.09. The molecule has 0 aliphatic heterocycles. The van der Waals surface area contributed by atoms with Crippen LogP contribution in [0.15, 0.2) is 67.0 Å². The molecule has 0 bridgehead atoms. The number of aromatic nitrogens is 1. The number of rotatable bonds is 6. The summed E-state index contributed by atoms with van der Waals surface area (Å²) < 4.78 is 0. The molecule has 0 radical (unpaired) electrons. The van der Waals surface area contributed by atoms with E-state index in [1.165, 1.54) is 0 Å². The third-order valence-electron chi connectivity index (χ3n) is 3.98. The van der Waals surface area contributed by atoms with Crippen molar-refractivity contribution in [2.75, 3.05) is 5.32 Å². The normalized spacial score (nSPS) is 10.3. The maximum atomic E-state index is 12.3. The van der Waals surface area contributed by atoms with Crippen LogP contribution in [0.1, 0.15) is 21.5 Å². The van der Waals surface area contributed by atoms with Crippen LogP contribution < -0.4 is 16.0 Å². The number of halogens is 2. The molecule has 3 N–H and O–H groups in total. The number of amides is 3. The van der Waals surface area contributed by atoms with Crippen LogP contribution in [-0.4, -0.2) is 16.9 Å². The number of anilines is 1. The predicted octanol–water partition coefficient (Wildman–Crippen LogP) is 4.64. The van der Waals surface area contributed by atoms with Gasteiger partial charge in [0.1, 0.15) is 0 Å². The number of hydrogen-bond acceptors (Lipinski definition) is 3. The number of carbonyl (C=O) groups excluding carboxylic acids is 2. The Morgan fingerprint density at radius 3 is 2.07 bits per heavy atom. The smallest absolute Gasteiger partial charge is 0.319 e. The minimum Gasteiger partial charge on any atom is -0.348 e. The van der Waals surface area contributed by atoms with Crippen molar-refractivity contribution < 1.29 is 9.59 Å². The second-order valence-electron chi connectivity index (χ2n) is 6.20. The predicted molar refractivity (Wildman–Crippen MR) is 114 cm³/mol. The van der Waals surface area contributed by atoms with Gasteiger partial charge in [-0.3, -0.25) is 9.78 Å². The van der Waals surface area contributed by atoms with E-state index >= 15 is 0 Å². The molecule has 0 saturated heterocycles. The summed E-state index contributed by atoms with van der Waals surface area (Å²) in [5, 5.41) is 9.31. The summed E-state index contributed by atoms with van der Waals surface area (Å²) in [6.45, 7) is 0.693. The SMILES string of the molecule is O=C(NCc1ccncc1)Nc1ccc(C(=O)NCc2cc(Cl)cc(Cl)c2)cc1. The maximum absolute atomic E-state index is 12.3. The first-order chi connectivity index (χ1) is 14.0. The summed E-state index contributed by atoms with van der Waals surface area (Å²) in [6, 6.07) is 15.0. The van der Waals surface area contributed by atoms with E-state index in [1.807, 2.05) is 12.1 Å². The van der Waals surface area contributed by atoms with Crippen LogP contribution in [0.3, 0.4) is 0 Å². The van der Waals surface area contributed by atoms with Crippen LogP contribution in [0.25, 0.3) is 0 Å². The van der Waals surface area contributed by atoms with Crippen LogP contribution >= 0.6 is 23.2 Å². The zero-order chi connectivity index (χ0) is 20.6. The highest BCUT2D eigenvalue weighted by Crippen LogP contribution is 2.19. The summed E-state index contributed by atoms with van der Waals surface area (Å²) >= 11 is 11.9. The fourth-order valence-corrected chi connectivity index (χ4v) is 3.13. The highest BCUT2D eigenvalue weighted by atomic mass is 35.5. The van der Waals surface area contributed by atoms with Gasteiger partial charge in [-0.15, -0.1) is 0 Å². The Labute approximate surface area is 178 Å². The lowest BCUT2D eigenvalue weighted by atomic mass is 10.1. The van der Waals surface area contributed by atoms with Crippen molar-refractivity contribution in [3.8, 4) is 0 Å². The molecule has 148 valence electrons. The molecule has 0 aliphatic rings. The first-order valence-electron chi connectivity index (χ1n) is 8.76. The Balaban J connectivity index is 1.49. The van der Waals surface area contributed by atoms with Crippen molar-refractivity contribution in [1.82, 2.24) is 15.6 Å². The molecule has 3 amide bonds. The van der Waals surface area contributed by atoms with Gasteiger partial charge in [-0.05, 0) is 65.7 Å². The molecular weight excluding hydrogens is 411 g/mol. The van der Waals surface area contributed by atoms with Gasteiger partial charge in [-0.25, -0.2) is 4.79 Å². The lowest BCUT2D eigenvalue weighted by Gasteiger charge is -2.09. The molecule has 1 heterocycles. The first kappa shape index (κ1) is 20.6. The molecule has 0 fully saturated rings. The Morgan fingerprint density at radius 2 is 1.41 bits per heavy atom. The zero-order valence-electron chi connectivity index (χ0n) is 15.3. The summed E-state index contributed by atoms with van der Waals surface area (Å²) in [4.78, 5) is 28.2. The van der Waals surface area contributed by atoms with Crippen LogP contribution in [0.5, 0.6) is 0 Å². The second-order valence-corrected chi connectivity index (χ2v) is 7.07. The molecule has 0 unspecified atom stereocenters. The van der Waals surface area contributed by atoms with Gasteiger partial charge in [0.15, 0.2) is 0 Å². The van der Waals surface area contributed by atoms with Crippen LogP contribution in [-0.2, 0) is 13.1 Å². The van der Waals surface area contributed by atoms with Crippen molar-refractivity contribution in [2.45, 2.75) is 13.1 Å². The van der Waals surface area contributed by atoms with Crippen molar-refractivity contribution in [1.29, 1.82) is 0 Å². The fraction of sp³-hybridized carbons (Fsp3) is 0.0952. The Bertz CT molecular complexity index is 975. The fourth-order valence-electron chi connectivity index (χ4n) is 2.56. The molecule has 8 heteroatoms. The number of nitrogens with zero attached hydrogens (tertiary/aromatic N) is 1. The average molecular weight is 429 g/mol. The number of hydrogen-bond donors (Lipinski definition) is 3. The van der Waals surface area contributed by atoms with Gasteiger partial charge in [-0.1, -0.05) is 23.2 Å². The van der Waals surface area contributed by atoms with Gasteiger partial charge >= 0.3 is 6.03 Å². The minimum absolute atomic E-state index is 0.241. The highest BCUT2D eigenvalue weighted by Gasteiger charge is 2.07. The van der Waals surface area contributed by atoms with E-state index in [0.29, 0.717) is 34.4 Å². The molecule has 0 spiro atoms. The van der Waals surface area contributed by atoms with Crippen molar-refractivity contribution in [2.24, 2.45) is 0 Å². The third kappa shape index (κ3) is 6.48. The van der Waals surface area contributed by atoms with Crippen LogP contribution in [0, 0.1) is 0 Å². The Morgan fingerprint density at radius 1 is 0.793 bits per heavy atom. The van der Waals surface area contributed by atoms with E-state index in [-0.39, 0.29) is 11.9 Å². The number of urea groups is 1. The van der Waals surface area contributed by atoms with Crippen LogP contribution in [0.4, 0.5) is 10.5 Å².